The average molecular weight is 466 g/mol. The normalized spacial score (nSPS) is 18.2. The highest BCUT2D eigenvalue weighted by atomic mass is 16.5. The summed E-state index contributed by atoms with van der Waals surface area (Å²) in [4.78, 5) is 65.7. The number of carboxylic acid groups (broad SMARTS) is 1. The van der Waals surface area contributed by atoms with E-state index in [-0.39, 0.29) is 43.4 Å². The number of carbonyl (C=O) groups is 5. The molecule has 0 saturated carbocycles. The lowest BCUT2D eigenvalue weighted by atomic mass is 10.0. The molecule has 1 fully saturated rings. The van der Waals surface area contributed by atoms with Crippen LogP contribution in [0.1, 0.15) is 34.3 Å². The van der Waals surface area contributed by atoms with Crippen molar-refractivity contribution in [1.82, 2.24) is 20.5 Å². The van der Waals surface area contributed by atoms with Crippen molar-refractivity contribution in [2.75, 3.05) is 6.61 Å². The molecule has 2 aliphatic heterocycles. The van der Waals surface area contributed by atoms with E-state index in [1.54, 1.807) is 30.3 Å². The van der Waals surface area contributed by atoms with E-state index in [1.165, 1.54) is 17.3 Å². The summed E-state index contributed by atoms with van der Waals surface area (Å²) < 4.78 is 5.62. The van der Waals surface area contributed by atoms with Crippen molar-refractivity contribution in [3.63, 3.8) is 0 Å². The van der Waals surface area contributed by atoms with E-state index in [4.69, 9.17) is 4.74 Å². The van der Waals surface area contributed by atoms with Gasteiger partial charge in [0.2, 0.25) is 11.8 Å². The maximum atomic E-state index is 12.9. The van der Waals surface area contributed by atoms with Gasteiger partial charge in [-0.3, -0.25) is 29.5 Å². The maximum Gasteiger partial charge on any atom is 0.326 e. The molecule has 4 amide bonds. The zero-order valence-electron chi connectivity index (χ0n) is 18.0. The van der Waals surface area contributed by atoms with Gasteiger partial charge in [-0.25, -0.2) is 4.79 Å². The van der Waals surface area contributed by atoms with Gasteiger partial charge >= 0.3 is 5.97 Å². The van der Waals surface area contributed by atoms with Crippen LogP contribution in [0, 0.1) is 0 Å². The van der Waals surface area contributed by atoms with Gasteiger partial charge in [-0.2, -0.15) is 0 Å². The Morgan fingerprint density at radius 2 is 1.97 bits per heavy atom. The number of ether oxygens (including phenoxy) is 1. The summed E-state index contributed by atoms with van der Waals surface area (Å²) in [5.41, 5.74) is 1.58. The summed E-state index contributed by atoms with van der Waals surface area (Å²) >= 11 is 0. The number of amides is 4. The Morgan fingerprint density at radius 1 is 1.21 bits per heavy atom. The number of aliphatic carboxylic acids is 1. The molecule has 1 saturated heterocycles. The van der Waals surface area contributed by atoms with E-state index in [9.17, 15) is 29.1 Å². The summed E-state index contributed by atoms with van der Waals surface area (Å²) in [5.74, 6) is -2.78. The number of benzene rings is 1. The molecule has 11 heteroatoms. The predicted molar refractivity (Wildman–Crippen MR) is 115 cm³/mol. The van der Waals surface area contributed by atoms with Crippen molar-refractivity contribution in [3.8, 4) is 5.75 Å². The van der Waals surface area contributed by atoms with Crippen molar-refractivity contribution in [2.24, 2.45) is 0 Å². The molecule has 2 aliphatic rings. The Balaban J connectivity index is 1.40. The molecule has 0 aliphatic carbocycles. The van der Waals surface area contributed by atoms with E-state index in [0.717, 1.165) is 0 Å². The highest BCUT2D eigenvalue weighted by Crippen LogP contribution is 2.33. The maximum absolute atomic E-state index is 12.9. The third kappa shape index (κ3) is 4.87. The molecule has 2 aromatic rings. The van der Waals surface area contributed by atoms with Crippen molar-refractivity contribution < 1.29 is 33.8 Å². The van der Waals surface area contributed by atoms with Crippen molar-refractivity contribution in [1.29, 1.82) is 0 Å². The summed E-state index contributed by atoms with van der Waals surface area (Å²) in [6.45, 7) is -0.360. The molecule has 2 unspecified atom stereocenters. The molecule has 1 aromatic heterocycles. The Bertz CT molecular complexity index is 1150. The predicted octanol–water partition coefficient (Wildman–Crippen LogP) is 0.0335. The molecule has 0 bridgehead atoms. The first-order valence-electron chi connectivity index (χ1n) is 10.6. The van der Waals surface area contributed by atoms with Gasteiger partial charge in [-0.1, -0.05) is 6.07 Å². The van der Waals surface area contributed by atoms with Crippen LogP contribution in [0.2, 0.25) is 0 Å². The number of fused-ring (bicyclic) bond motifs is 1. The molecule has 0 spiro atoms. The standard InChI is InChI=1S/C23H22N4O7/c28-19-5-4-17(21(30)26-19)27-11-15-14(22(27)31)2-1-3-18(15)34-12-20(29)25-16(23(32)33)10-13-6-8-24-9-7-13/h1-3,6-9,16-17H,4-5,10-12H2,(H,25,29)(H,32,33)(H,26,28,30). The van der Waals surface area contributed by atoms with Crippen LogP contribution in [0.25, 0.3) is 0 Å². The molecule has 4 rings (SSSR count). The zero-order valence-corrected chi connectivity index (χ0v) is 18.0. The topological polar surface area (TPSA) is 155 Å². The summed E-state index contributed by atoms with van der Waals surface area (Å²) in [7, 11) is 0. The van der Waals surface area contributed by atoms with Gasteiger partial charge in [0.15, 0.2) is 6.61 Å². The Hall–Kier alpha value is -4.28. The number of rotatable bonds is 8. The van der Waals surface area contributed by atoms with Crippen LogP contribution in [0.5, 0.6) is 5.75 Å². The van der Waals surface area contributed by atoms with Gasteiger partial charge in [0.25, 0.3) is 11.8 Å². The van der Waals surface area contributed by atoms with E-state index < -0.39 is 36.5 Å². The number of pyridine rings is 1. The highest BCUT2D eigenvalue weighted by Gasteiger charge is 2.40. The van der Waals surface area contributed by atoms with Gasteiger partial charge in [0.1, 0.15) is 17.8 Å². The van der Waals surface area contributed by atoms with Crippen LogP contribution in [0.3, 0.4) is 0 Å². The number of hydrogen-bond acceptors (Lipinski definition) is 7. The SMILES string of the molecule is O=C1CCC(N2Cc3c(OCC(=O)NC(Cc4ccncc4)C(=O)O)cccc3C2=O)C(=O)N1. The Kier molecular flexibility index (Phi) is 6.53. The van der Waals surface area contributed by atoms with Gasteiger partial charge in [-0.05, 0) is 36.2 Å². The molecule has 34 heavy (non-hydrogen) atoms. The smallest absolute Gasteiger partial charge is 0.326 e. The minimum Gasteiger partial charge on any atom is -0.483 e. The van der Waals surface area contributed by atoms with E-state index >= 15 is 0 Å². The molecular formula is C23H22N4O7. The van der Waals surface area contributed by atoms with Crippen LogP contribution in [0.4, 0.5) is 0 Å². The zero-order chi connectivity index (χ0) is 24.2. The molecule has 1 aromatic carbocycles. The fourth-order valence-corrected chi connectivity index (χ4v) is 4.03. The van der Waals surface area contributed by atoms with Crippen LogP contribution < -0.4 is 15.4 Å². The monoisotopic (exact) mass is 466 g/mol. The highest BCUT2D eigenvalue weighted by molar-refractivity contribution is 6.05. The van der Waals surface area contributed by atoms with E-state index in [2.05, 4.69) is 15.6 Å². The molecule has 0 radical (unpaired) electrons. The number of imide groups is 1. The van der Waals surface area contributed by atoms with Gasteiger partial charge in [-0.15, -0.1) is 0 Å². The lowest BCUT2D eigenvalue weighted by Gasteiger charge is -2.29. The largest absolute Gasteiger partial charge is 0.483 e. The quantitative estimate of drug-likeness (QED) is 0.461. The van der Waals surface area contributed by atoms with Crippen LogP contribution in [0.15, 0.2) is 42.7 Å². The van der Waals surface area contributed by atoms with Gasteiger partial charge in [0.05, 0.1) is 6.54 Å². The molecule has 11 nitrogen and oxygen atoms in total. The third-order valence-electron chi connectivity index (χ3n) is 5.72. The number of nitrogens with zero attached hydrogens (tertiary/aromatic N) is 2. The Labute approximate surface area is 194 Å². The van der Waals surface area contributed by atoms with Crippen molar-refractivity contribution in [2.45, 2.75) is 37.9 Å². The minimum atomic E-state index is -1.18. The average Bonchev–Trinajstić information content (AvgIpc) is 3.15. The summed E-state index contributed by atoms with van der Waals surface area (Å²) in [6.07, 6.45) is 3.53. The summed E-state index contributed by atoms with van der Waals surface area (Å²) in [6, 6.07) is 6.21. The number of hydrogen-bond donors (Lipinski definition) is 3. The van der Waals surface area contributed by atoms with Crippen LogP contribution in [-0.2, 0) is 32.1 Å². The second kappa shape index (κ2) is 9.69. The fraction of sp³-hybridized carbons (Fsp3) is 0.304. The van der Waals surface area contributed by atoms with Gasteiger partial charge < -0.3 is 20.1 Å². The molecule has 3 N–H and O–H groups in total. The third-order valence-corrected chi connectivity index (χ3v) is 5.72. The van der Waals surface area contributed by atoms with Gasteiger partial charge in [0, 0.05) is 36.4 Å². The summed E-state index contributed by atoms with van der Waals surface area (Å²) in [5, 5.41) is 14.1. The van der Waals surface area contributed by atoms with Crippen LogP contribution >= 0.6 is 0 Å². The number of aromatic nitrogens is 1. The minimum absolute atomic E-state index is 0.0831. The molecule has 2 atom stereocenters. The first-order valence-corrected chi connectivity index (χ1v) is 10.6. The number of carbonyl (C=O) groups excluding carboxylic acids is 4. The second-order valence-electron chi connectivity index (χ2n) is 7.99. The second-order valence-corrected chi connectivity index (χ2v) is 7.99. The molecule has 3 heterocycles. The van der Waals surface area contributed by atoms with E-state index in [1.807, 2.05) is 0 Å². The van der Waals surface area contributed by atoms with E-state index in [0.29, 0.717) is 16.7 Å². The Morgan fingerprint density at radius 3 is 2.68 bits per heavy atom. The van der Waals surface area contributed by atoms with Crippen molar-refractivity contribution in [3.05, 3.63) is 59.4 Å². The van der Waals surface area contributed by atoms with Crippen molar-refractivity contribution >= 4 is 29.6 Å². The molecular weight excluding hydrogens is 444 g/mol. The number of carboxylic acids is 1. The fourth-order valence-electron chi connectivity index (χ4n) is 4.03. The lowest BCUT2D eigenvalue weighted by Crippen LogP contribution is -2.52. The first kappa shape index (κ1) is 22.9. The van der Waals surface area contributed by atoms with Crippen LogP contribution in [-0.4, -0.2) is 63.3 Å². The first-order chi connectivity index (χ1) is 16.3. The molecule has 176 valence electrons. The number of piperidine rings is 1. The lowest BCUT2D eigenvalue weighted by molar-refractivity contribution is -0.142. The number of nitrogens with one attached hydrogen (secondary N) is 2.